The number of methoxy groups -OCH3 is 1. The number of hydrogen-bond donors (Lipinski definition) is 2. The molecule has 0 heterocycles. The smallest absolute Gasteiger partial charge is 0.179 e. The molecule has 0 saturated carbocycles. The summed E-state index contributed by atoms with van der Waals surface area (Å²) in [6.07, 6.45) is -0.649. The van der Waals surface area contributed by atoms with Gasteiger partial charge in [0.25, 0.3) is 0 Å². The van der Waals surface area contributed by atoms with Gasteiger partial charge in [0.1, 0.15) is 12.7 Å². The van der Waals surface area contributed by atoms with Gasteiger partial charge in [0, 0.05) is 6.54 Å². The third-order valence-corrected chi connectivity index (χ3v) is 2.99. The average molecular weight is 318 g/mol. The van der Waals surface area contributed by atoms with E-state index in [0.29, 0.717) is 23.1 Å². The van der Waals surface area contributed by atoms with Gasteiger partial charge in [-0.3, -0.25) is 0 Å². The molecule has 6 heteroatoms. The average Bonchev–Trinajstić information content (AvgIpc) is 2.43. The Labute approximate surface area is 131 Å². The highest BCUT2D eigenvalue weighted by atomic mass is 35.5. The molecule has 1 aromatic carbocycles. The molecule has 0 bridgehead atoms. The van der Waals surface area contributed by atoms with E-state index in [1.165, 1.54) is 0 Å². The largest absolute Gasteiger partial charge is 0.493 e. The van der Waals surface area contributed by atoms with Gasteiger partial charge in [-0.15, -0.1) is 0 Å². The summed E-state index contributed by atoms with van der Waals surface area (Å²) in [5, 5.41) is 13.3. The van der Waals surface area contributed by atoms with Crippen LogP contribution in [0.5, 0.6) is 11.5 Å². The van der Waals surface area contributed by atoms with Gasteiger partial charge in [-0.25, -0.2) is 0 Å². The first kappa shape index (κ1) is 18.0. The van der Waals surface area contributed by atoms with E-state index in [4.69, 9.17) is 25.8 Å². The summed E-state index contributed by atoms with van der Waals surface area (Å²) in [5.41, 5.74) is 0.996. The zero-order valence-corrected chi connectivity index (χ0v) is 13.7. The molecule has 21 heavy (non-hydrogen) atoms. The maximum Gasteiger partial charge on any atom is 0.179 e. The van der Waals surface area contributed by atoms with E-state index in [-0.39, 0.29) is 19.3 Å². The van der Waals surface area contributed by atoms with Crippen molar-refractivity contribution in [2.24, 2.45) is 0 Å². The van der Waals surface area contributed by atoms with Gasteiger partial charge in [0.15, 0.2) is 11.5 Å². The van der Waals surface area contributed by atoms with Gasteiger partial charge in [0.2, 0.25) is 0 Å². The zero-order valence-electron chi connectivity index (χ0n) is 13.0. The third kappa shape index (κ3) is 6.09. The van der Waals surface area contributed by atoms with Gasteiger partial charge in [0.05, 0.1) is 24.8 Å². The van der Waals surface area contributed by atoms with Crippen LogP contribution in [0.4, 0.5) is 0 Å². The first-order valence-electron chi connectivity index (χ1n) is 6.91. The number of nitrogens with one attached hydrogen (secondary N) is 1. The Hall–Kier alpha value is -1.01. The quantitative estimate of drug-likeness (QED) is 0.731. The van der Waals surface area contributed by atoms with Crippen LogP contribution in [0.3, 0.4) is 0 Å². The Balaban J connectivity index is 2.69. The first-order chi connectivity index (χ1) is 9.97. The summed E-state index contributed by atoms with van der Waals surface area (Å²) >= 11 is 6.21. The molecular formula is C15H24ClNO4. The second-order valence-corrected chi connectivity index (χ2v) is 5.39. The highest BCUT2D eigenvalue weighted by Gasteiger charge is 2.14. The van der Waals surface area contributed by atoms with E-state index in [1.807, 2.05) is 33.0 Å². The van der Waals surface area contributed by atoms with Crippen molar-refractivity contribution in [2.75, 3.05) is 27.4 Å². The number of rotatable bonds is 9. The van der Waals surface area contributed by atoms with Crippen LogP contribution in [-0.2, 0) is 11.3 Å². The van der Waals surface area contributed by atoms with Gasteiger partial charge < -0.3 is 24.6 Å². The summed E-state index contributed by atoms with van der Waals surface area (Å²) in [4.78, 5) is 0. The van der Waals surface area contributed by atoms with Crippen molar-refractivity contribution < 1.29 is 19.3 Å². The number of benzene rings is 1. The van der Waals surface area contributed by atoms with Crippen molar-refractivity contribution in [3.8, 4) is 11.5 Å². The van der Waals surface area contributed by atoms with E-state index in [9.17, 15) is 5.11 Å². The maximum atomic E-state index is 9.81. The van der Waals surface area contributed by atoms with Crippen LogP contribution in [0.1, 0.15) is 19.4 Å². The molecule has 0 fully saturated rings. The van der Waals surface area contributed by atoms with Gasteiger partial charge in [-0.2, -0.15) is 0 Å². The molecule has 0 amide bonds. The monoisotopic (exact) mass is 317 g/mol. The van der Waals surface area contributed by atoms with Crippen LogP contribution in [0.2, 0.25) is 5.02 Å². The Morgan fingerprint density at radius 2 is 2.00 bits per heavy atom. The molecule has 2 N–H and O–H groups in total. The van der Waals surface area contributed by atoms with Crippen molar-refractivity contribution >= 4 is 11.6 Å². The van der Waals surface area contributed by atoms with E-state index >= 15 is 0 Å². The molecule has 120 valence electrons. The van der Waals surface area contributed by atoms with Crippen molar-refractivity contribution in [2.45, 2.75) is 32.6 Å². The standard InChI is InChI=1S/C15H24ClNO4/c1-10(2)20-8-12(18)9-21-15-13(16)5-11(7-17-3)6-14(15)19-4/h5-6,10,12,17-18H,7-9H2,1-4H3. The van der Waals surface area contributed by atoms with Crippen molar-refractivity contribution in [3.05, 3.63) is 22.7 Å². The fraction of sp³-hybridized carbons (Fsp3) is 0.600. The minimum Gasteiger partial charge on any atom is -0.493 e. The molecule has 0 aromatic heterocycles. The van der Waals surface area contributed by atoms with Crippen LogP contribution in [-0.4, -0.2) is 44.7 Å². The fourth-order valence-electron chi connectivity index (χ4n) is 1.75. The van der Waals surface area contributed by atoms with Crippen LogP contribution in [0.15, 0.2) is 12.1 Å². The predicted molar refractivity (Wildman–Crippen MR) is 83.4 cm³/mol. The zero-order chi connectivity index (χ0) is 15.8. The number of aliphatic hydroxyl groups is 1. The van der Waals surface area contributed by atoms with E-state index < -0.39 is 6.10 Å². The summed E-state index contributed by atoms with van der Waals surface area (Å²) in [7, 11) is 3.41. The van der Waals surface area contributed by atoms with Crippen LogP contribution >= 0.6 is 11.6 Å². The molecular weight excluding hydrogens is 294 g/mol. The number of ether oxygens (including phenoxy) is 3. The second-order valence-electron chi connectivity index (χ2n) is 4.99. The van der Waals surface area contributed by atoms with Crippen molar-refractivity contribution in [1.82, 2.24) is 5.32 Å². The van der Waals surface area contributed by atoms with Gasteiger partial charge in [-0.05, 0) is 38.6 Å². The molecule has 0 aliphatic rings. The van der Waals surface area contributed by atoms with Gasteiger partial charge in [-0.1, -0.05) is 11.6 Å². The lowest BCUT2D eigenvalue weighted by molar-refractivity contribution is -0.0125. The Bertz CT molecular complexity index is 440. The Morgan fingerprint density at radius 3 is 2.57 bits per heavy atom. The van der Waals surface area contributed by atoms with Crippen molar-refractivity contribution in [3.63, 3.8) is 0 Å². The summed E-state index contributed by atoms with van der Waals surface area (Å²) < 4.78 is 16.2. The first-order valence-corrected chi connectivity index (χ1v) is 7.29. The van der Waals surface area contributed by atoms with E-state index in [1.54, 1.807) is 7.11 Å². The highest BCUT2D eigenvalue weighted by Crippen LogP contribution is 2.36. The highest BCUT2D eigenvalue weighted by molar-refractivity contribution is 6.32. The molecule has 0 spiro atoms. The van der Waals surface area contributed by atoms with Crippen LogP contribution in [0, 0.1) is 0 Å². The summed E-state index contributed by atoms with van der Waals surface area (Å²) in [6.45, 7) is 4.81. The molecule has 0 radical (unpaired) electrons. The molecule has 0 aliphatic carbocycles. The topological polar surface area (TPSA) is 60.0 Å². The molecule has 0 saturated heterocycles. The number of hydrogen-bond acceptors (Lipinski definition) is 5. The van der Waals surface area contributed by atoms with E-state index in [2.05, 4.69) is 5.32 Å². The maximum absolute atomic E-state index is 9.81. The fourth-order valence-corrected chi connectivity index (χ4v) is 2.04. The minimum absolute atomic E-state index is 0.0681. The molecule has 1 rings (SSSR count). The van der Waals surface area contributed by atoms with E-state index in [0.717, 1.165) is 5.56 Å². The number of halogens is 1. The molecule has 1 aromatic rings. The minimum atomic E-state index is -0.717. The van der Waals surface area contributed by atoms with Crippen molar-refractivity contribution in [1.29, 1.82) is 0 Å². The molecule has 5 nitrogen and oxygen atoms in total. The normalized spacial score (nSPS) is 12.5. The second kappa shape index (κ2) is 9.10. The predicted octanol–water partition coefficient (Wildman–Crippen LogP) is 2.23. The van der Waals surface area contributed by atoms with Gasteiger partial charge >= 0.3 is 0 Å². The Kier molecular flexibility index (Phi) is 7.82. The SMILES string of the molecule is CNCc1cc(Cl)c(OCC(O)COC(C)C)c(OC)c1. The third-order valence-electron chi connectivity index (χ3n) is 2.71. The molecule has 1 atom stereocenters. The lowest BCUT2D eigenvalue weighted by atomic mass is 10.2. The summed E-state index contributed by atoms with van der Waals surface area (Å²) in [6, 6.07) is 3.67. The Morgan fingerprint density at radius 1 is 1.29 bits per heavy atom. The summed E-state index contributed by atoms with van der Waals surface area (Å²) in [5.74, 6) is 0.979. The lowest BCUT2D eigenvalue weighted by Gasteiger charge is -2.17. The number of aliphatic hydroxyl groups excluding tert-OH is 1. The lowest BCUT2D eigenvalue weighted by Crippen LogP contribution is -2.25. The molecule has 0 aliphatic heterocycles. The molecule has 1 unspecified atom stereocenters. The van der Waals surface area contributed by atoms with Crippen LogP contribution < -0.4 is 14.8 Å². The van der Waals surface area contributed by atoms with Crippen LogP contribution in [0.25, 0.3) is 0 Å².